The molecule has 4 unspecified atom stereocenters. The van der Waals surface area contributed by atoms with Crippen LogP contribution in [-0.4, -0.2) is 52.6 Å². The van der Waals surface area contributed by atoms with Crippen molar-refractivity contribution in [1.29, 1.82) is 0 Å². The summed E-state index contributed by atoms with van der Waals surface area (Å²) in [6, 6.07) is 11.3. The molecule has 2 bridgehead atoms. The van der Waals surface area contributed by atoms with Gasteiger partial charge in [-0.1, -0.05) is 27.3 Å². The molecule has 2 saturated heterocycles. The number of aromatic amines is 1. The lowest BCUT2D eigenvalue weighted by Crippen LogP contribution is -2.43. The van der Waals surface area contributed by atoms with Crippen molar-refractivity contribution in [2.24, 2.45) is 29.6 Å². The molecule has 4 heterocycles. The number of nitrogens with one attached hydrogen (secondary N) is 1. The quantitative estimate of drug-likeness (QED) is 0.358. The second-order valence-corrected chi connectivity index (χ2v) is 15.5. The van der Waals surface area contributed by atoms with E-state index in [4.69, 9.17) is 4.74 Å². The Morgan fingerprint density at radius 2 is 1.73 bits per heavy atom. The number of piperidine rings is 1. The zero-order valence-electron chi connectivity index (χ0n) is 23.5. The number of nitrogens with zero attached hydrogens (tertiary/aromatic N) is 2. The van der Waals surface area contributed by atoms with Crippen LogP contribution in [-0.2, 0) is 14.4 Å². The molecule has 8 nitrogen and oxygen atoms in total. The number of benzene rings is 2. The summed E-state index contributed by atoms with van der Waals surface area (Å²) in [6.45, 7) is 1.41. The van der Waals surface area contributed by atoms with Crippen LogP contribution in [0.5, 0.6) is 5.75 Å². The topological polar surface area (TPSA) is 99.8 Å². The largest absolute Gasteiger partial charge is 0.483 e. The maximum absolute atomic E-state index is 14.0. The van der Waals surface area contributed by atoms with E-state index in [1.165, 1.54) is 40.5 Å². The maximum Gasteiger partial charge on any atom is 0.305 e. The van der Waals surface area contributed by atoms with Crippen LogP contribution >= 0.6 is 39.0 Å². The molecule has 7 atom stereocenters. The lowest BCUT2D eigenvalue weighted by atomic mass is 9.68. The summed E-state index contributed by atoms with van der Waals surface area (Å²) in [5.41, 5.74) is 1.26. The summed E-state index contributed by atoms with van der Waals surface area (Å²) in [6.07, 6.45) is 3.88. The molecule has 2 aliphatic carbocycles. The summed E-state index contributed by atoms with van der Waals surface area (Å²) in [5, 5.41) is 0.813. The van der Waals surface area contributed by atoms with Crippen LogP contribution in [0, 0.1) is 35.4 Å². The molecule has 0 spiro atoms. The molecule has 3 aliphatic heterocycles. The number of rotatable bonds is 5. The maximum atomic E-state index is 14.0. The third-order valence-electron chi connectivity index (χ3n) is 10.2. The Hall–Kier alpha value is -2.96. The SMILES string of the molecule is O=C(COc1ccc(Br)cc1[C@H]1c2sc(=O)[nH]c2SC2C1[C@H]1C[C@@H]2C2C(=O)N(c3ccc(F)cc3)C(=O)C21)N1CCCCC1. The van der Waals surface area contributed by atoms with Gasteiger partial charge in [0, 0.05) is 39.2 Å². The molecule has 3 aromatic rings. The van der Waals surface area contributed by atoms with Crippen molar-refractivity contribution in [3.05, 3.63) is 72.9 Å². The molecule has 1 N–H and O–H groups in total. The fourth-order valence-electron chi connectivity index (χ4n) is 8.48. The molecular formula is C32H29BrFN3O5S2. The van der Waals surface area contributed by atoms with Gasteiger partial charge in [0.2, 0.25) is 11.8 Å². The summed E-state index contributed by atoms with van der Waals surface area (Å²) >= 11 is 6.43. The minimum Gasteiger partial charge on any atom is -0.483 e. The van der Waals surface area contributed by atoms with Gasteiger partial charge in [0.1, 0.15) is 11.6 Å². The number of H-pyrrole nitrogens is 1. The van der Waals surface area contributed by atoms with Crippen molar-refractivity contribution in [2.75, 3.05) is 24.6 Å². The van der Waals surface area contributed by atoms with E-state index in [0.717, 1.165) is 58.7 Å². The highest BCUT2D eigenvalue weighted by atomic mass is 79.9. The predicted molar refractivity (Wildman–Crippen MR) is 167 cm³/mol. The molecule has 44 heavy (non-hydrogen) atoms. The Morgan fingerprint density at radius 3 is 2.48 bits per heavy atom. The van der Waals surface area contributed by atoms with Gasteiger partial charge < -0.3 is 14.6 Å². The molecule has 12 heteroatoms. The summed E-state index contributed by atoms with van der Waals surface area (Å²) in [4.78, 5) is 60.4. The van der Waals surface area contributed by atoms with Gasteiger partial charge in [-0.3, -0.25) is 24.1 Å². The summed E-state index contributed by atoms with van der Waals surface area (Å²) in [5.74, 6) is -1.66. The molecular weight excluding hydrogens is 669 g/mol. The Kier molecular flexibility index (Phi) is 7.02. The van der Waals surface area contributed by atoms with E-state index in [9.17, 15) is 23.6 Å². The average Bonchev–Trinajstić information content (AvgIpc) is 3.76. The zero-order valence-corrected chi connectivity index (χ0v) is 26.8. The van der Waals surface area contributed by atoms with Crippen molar-refractivity contribution in [3.8, 4) is 5.75 Å². The third kappa shape index (κ3) is 4.42. The first-order valence-electron chi connectivity index (χ1n) is 15.0. The van der Waals surface area contributed by atoms with E-state index in [1.807, 2.05) is 23.1 Å². The number of hydrogen-bond donors (Lipinski definition) is 1. The number of thiazole rings is 1. The second-order valence-electron chi connectivity index (χ2n) is 12.4. The Morgan fingerprint density at radius 1 is 1.00 bits per heavy atom. The first kappa shape index (κ1) is 28.5. The van der Waals surface area contributed by atoms with Crippen LogP contribution in [0.2, 0.25) is 0 Å². The lowest BCUT2D eigenvalue weighted by molar-refractivity contribution is -0.134. The van der Waals surface area contributed by atoms with Crippen molar-refractivity contribution in [2.45, 2.75) is 41.9 Å². The molecule has 0 radical (unpaired) electrons. The summed E-state index contributed by atoms with van der Waals surface area (Å²) < 4.78 is 20.8. The first-order chi connectivity index (χ1) is 21.3. The Bertz CT molecular complexity index is 1740. The Balaban J connectivity index is 1.16. The number of amides is 3. The fraction of sp³-hybridized carbons (Fsp3) is 0.438. The summed E-state index contributed by atoms with van der Waals surface area (Å²) in [7, 11) is 0. The molecule has 228 valence electrons. The number of imide groups is 1. The number of fused-ring (bicyclic) bond motifs is 9. The highest BCUT2D eigenvalue weighted by Gasteiger charge is 2.69. The van der Waals surface area contributed by atoms with Crippen LogP contribution in [0.25, 0.3) is 0 Å². The van der Waals surface area contributed by atoms with E-state index in [-0.39, 0.29) is 58.1 Å². The van der Waals surface area contributed by atoms with Gasteiger partial charge >= 0.3 is 4.87 Å². The molecule has 1 aromatic heterocycles. The van der Waals surface area contributed by atoms with Crippen LogP contribution in [0.15, 0.2) is 56.8 Å². The number of anilines is 1. The normalized spacial score (nSPS) is 30.4. The number of hydrogen-bond acceptors (Lipinski definition) is 7. The average molecular weight is 699 g/mol. The molecule has 4 fully saturated rings. The molecule has 2 saturated carbocycles. The zero-order chi connectivity index (χ0) is 30.3. The standard InChI is InChI=1S/C32H29BrFN3O5S2/c33-15-4-9-21(42-14-22(38)36-10-2-1-3-11-36)18(12-15)23-24-19-13-20(27(24)43-29-28(23)44-32(41)35-29)26-25(19)30(39)37(31(26)40)17-7-5-16(34)6-8-17/h4-9,12,19-20,23-27H,1-3,10-11,13-14H2,(H,35,41)/t19-,20-,23-,24?,25?,26?,27?/m1/s1. The van der Waals surface area contributed by atoms with Crippen molar-refractivity contribution >= 4 is 62.4 Å². The van der Waals surface area contributed by atoms with Crippen LogP contribution in [0.3, 0.4) is 0 Å². The number of likely N-dealkylation sites (tertiary alicyclic amines) is 1. The van der Waals surface area contributed by atoms with Crippen molar-refractivity contribution < 1.29 is 23.5 Å². The third-order valence-corrected chi connectivity index (χ3v) is 13.3. The Labute approximate surface area is 269 Å². The number of carbonyl (C=O) groups excluding carboxylic acids is 3. The predicted octanol–water partition coefficient (Wildman–Crippen LogP) is 5.41. The second kappa shape index (κ2) is 10.8. The van der Waals surface area contributed by atoms with Gasteiger partial charge in [0.15, 0.2) is 6.61 Å². The van der Waals surface area contributed by atoms with Crippen LogP contribution in [0.4, 0.5) is 10.1 Å². The number of ether oxygens (including phenoxy) is 1. The molecule has 2 aromatic carbocycles. The highest BCUT2D eigenvalue weighted by Crippen LogP contribution is 2.69. The van der Waals surface area contributed by atoms with E-state index in [0.29, 0.717) is 11.4 Å². The number of aromatic nitrogens is 1. The molecule has 3 amide bonds. The lowest BCUT2D eigenvalue weighted by Gasteiger charge is -2.43. The monoisotopic (exact) mass is 697 g/mol. The van der Waals surface area contributed by atoms with E-state index >= 15 is 0 Å². The van der Waals surface area contributed by atoms with Crippen LogP contribution in [0.1, 0.15) is 42.0 Å². The van der Waals surface area contributed by atoms with Gasteiger partial charge in [-0.25, -0.2) is 4.39 Å². The van der Waals surface area contributed by atoms with Crippen LogP contribution < -0.4 is 14.5 Å². The minimum absolute atomic E-state index is 0.00994. The highest BCUT2D eigenvalue weighted by molar-refractivity contribution is 9.10. The molecule has 8 rings (SSSR count). The van der Waals surface area contributed by atoms with Gasteiger partial charge in [-0.05, 0) is 85.9 Å². The van der Waals surface area contributed by atoms with Gasteiger partial charge in [-0.2, -0.15) is 0 Å². The number of halogens is 2. The van der Waals surface area contributed by atoms with E-state index in [1.54, 1.807) is 11.8 Å². The van der Waals surface area contributed by atoms with E-state index in [2.05, 4.69) is 20.9 Å². The first-order valence-corrected chi connectivity index (χ1v) is 17.5. The van der Waals surface area contributed by atoms with E-state index < -0.39 is 17.7 Å². The number of carbonyl (C=O) groups is 3. The number of thioether (sulfide) groups is 1. The van der Waals surface area contributed by atoms with Crippen molar-refractivity contribution in [3.63, 3.8) is 0 Å². The van der Waals surface area contributed by atoms with Gasteiger partial charge in [-0.15, -0.1) is 11.8 Å². The smallest absolute Gasteiger partial charge is 0.305 e. The minimum atomic E-state index is -0.476. The van der Waals surface area contributed by atoms with Gasteiger partial charge in [0.05, 0.1) is 22.5 Å². The molecule has 5 aliphatic rings. The van der Waals surface area contributed by atoms with Gasteiger partial charge in [0.25, 0.3) is 5.91 Å². The fourth-order valence-corrected chi connectivity index (χ4v) is 11.7. The van der Waals surface area contributed by atoms with Crippen molar-refractivity contribution in [1.82, 2.24) is 9.88 Å².